The summed E-state index contributed by atoms with van der Waals surface area (Å²) in [5.41, 5.74) is -1.57. The molecule has 0 aliphatic carbocycles. The first kappa shape index (κ1) is 20.1. The third-order valence-electron chi connectivity index (χ3n) is 3.54. The molecule has 144 valence electrons. The predicted molar refractivity (Wildman–Crippen MR) is 93.2 cm³/mol. The van der Waals surface area contributed by atoms with Crippen LogP contribution in [0.2, 0.25) is 0 Å². The van der Waals surface area contributed by atoms with E-state index in [4.69, 9.17) is 9.47 Å². The SMILES string of the molecule is COc1ccc(OC)c(C(=O)Nc2ccc(NC(C)=O)cc2C(F)(F)F)c1. The summed E-state index contributed by atoms with van der Waals surface area (Å²) in [6.45, 7) is 1.18. The van der Waals surface area contributed by atoms with Crippen LogP contribution in [-0.4, -0.2) is 26.0 Å². The van der Waals surface area contributed by atoms with Crippen molar-refractivity contribution >= 4 is 23.2 Å². The van der Waals surface area contributed by atoms with Crippen LogP contribution in [0.4, 0.5) is 24.5 Å². The molecular formula is C18H17F3N2O4. The van der Waals surface area contributed by atoms with Crippen LogP contribution < -0.4 is 20.1 Å². The monoisotopic (exact) mass is 382 g/mol. The Morgan fingerprint density at radius 2 is 1.67 bits per heavy atom. The predicted octanol–water partition coefficient (Wildman–Crippen LogP) is 3.93. The molecule has 0 radical (unpaired) electrons. The number of rotatable bonds is 5. The largest absolute Gasteiger partial charge is 0.497 e. The third-order valence-corrected chi connectivity index (χ3v) is 3.54. The van der Waals surface area contributed by atoms with Crippen LogP contribution >= 0.6 is 0 Å². The van der Waals surface area contributed by atoms with E-state index in [-0.39, 0.29) is 17.0 Å². The molecule has 0 heterocycles. The molecule has 2 rings (SSSR count). The summed E-state index contributed by atoms with van der Waals surface area (Å²) in [5, 5.41) is 4.51. The number of carbonyl (C=O) groups is 2. The van der Waals surface area contributed by atoms with E-state index in [1.54, 1.807) is 6.07 Å². The van der Waals surface area contributed by atoms with Crippen LogP contribution in [0.25, 0.3) is 0 Å². The molecule has 0 bridgehead atoms. The molecule has 9 heteroatoms. The van der Waals surface area contributed by atoms with Gasteiger partial charge in [-0.1, -0.05) is 0 Å². The molecule has 0 saturated carbocycles. The van der Waals surface area contributed by atoms with E-state index < -0.39 is 29.2 Å². The standard InChI is InChI=1S/C18H17F3N2O4/c1-10(24)22-11-4-6-15(14(8-11)18(19,20)21)23-17(25)13-9-12(26-2)5-7-16(13)27-3/h4-9H,1-3H3,(H,22,24)(H,23,25). The maximum Gasteiger partial charge on any atom is 0.418 e. The number of hydrogen-bond donors (Lipinski definition) is 2. The zero-order valence-electron chi connectivity index (χ0n) is 14.7. The molecule has 0 fully saturated rings. The number of amides is 2. The third kappa shape index (κ3) is 4.90. The number of halogens is 3. The summed E-state index contributed by atoms with van der Waals surface area (Å²) in [6, 6.07) is 7.46. The molecule has 0 spiro atoms. The Morgan fingerprint density at radius 1 is 0.963 bits per heavy atom. The van der Waals surface area contributed by atoms with Gasteiger partial charge in [0.15, 0.2) is 0 Å². The maximum absolute atomic E-state index is 13.4. The van der Waals surface area contributed by atoms with E-state index in [2.05, 4.69) is 10.6 Å². The molecule has 2 aromatic rings. The number of methoxy groups -OCH3 is 2. The smallest absolute Gasteiger partial charge is 0.418 e. The average molecular weight is 382 g/mol. The van der Waals surface area contributed by atoms with Gasteiger partial charge in [0, 0.05) is 12.6 Å². The minimum absolute atomic E-state index is 0.0101. The van der Waals surface area contributed by atoms with Crippen molar-refractivity contribution in [3.8, 4) is 11.5 Å². The first-order chi connectivity index (χ1) is 12.7. The number of anilines is 2. The van der Waals surface area contributed by atoms with Crippen molar-refractivity contribution in [3.63, 3.8) is 0 Å². The molecule has 0 atom stereocenters. The molecule has 0 saturated heterocycles. The summed E-state index contributed by atoms with van der Waals surface area (Å²) in [5.74, 6) is -0.792. The Morgan fingerprint density at radius 3 is 2.22 bits per heavy atom. The second-order valence-electron chi connectivity index (χ2n) is 5.46. The number of benzene rings is 2. The zero-order chi connectivity index (χ0) is 20.2. The molecule has 0 unspecified atom stereocenters. The van der Waals surface area contributed by atoms with Crippen molar-refractivity contribution in [3.05, 3.63) is 47.5 Å². The zero-order valence-corrected chi connectivity index (χ0v) is 14.7. The van der Waals surface area contributed by atoms with E-state index >= 15 is 0 Å². The molecular weight excluding hydrogens is 365 g/mol. The summed E-state index contributed by atoms with van der Waals surface area (Å²) < 4.78 is 50.2. The van der Waals surface area contributed by atoms with Crippen molar-refractivity contribution in [2.24, 2.45) is 0 Å². The van der Waals surface area contributed by atoms with Gasteiger partial charge in [0.2, 0.25) is 5.91 Å². The highest BCUT2D eigenvalue weighted by molar-refractivity contribution is 6.07. The van der Waals surface area contributed by atoms with E-state index in [1.807, 2.05) is 0 Å². The lowest BCUT2D eigenvalue weighted by Crippen LogP contribution is -2.18. The highest BCUT2D eigenvalue weighted by Crippen LogP contribution is 2.37. The Balaban J connectivity index is 2.41. The fraction of sp³-hybridized carbons (Fsp3) is 0.222. The highest BCUT2D eigenvalue weighted by atomic mass is 19.4. The fourth-order valence-electron chi connectivity index (χ4n) is 2.35. The summed E-state index contributed by atoms with van der Waals surface area (Å²) in [4.78, 5) is 23.6. The Labute approximate surface area is 153 Å². The topological polar surface area (TPSA) is 76.7 Å². The van der Waals surface area contributed by atoms with Gasteiger partial charge in [0.05, 0.1) is 31.0 Å². The number of hydrogen-bond acceptors (Lipinski definition) is 4. The van der Waals surface area contributed by atoms with Crippen LogP contribution in [0.15, 0.2) is 36.4 Å². The normalized spacial score (nSPS) is 10.9. The minimum atomic E-state index is -4.74. The van der Waals surface area contributed by atoms with Crippen molar-refractivity contribution < 1.29 is 32.2 Å². The molecule has 0 aromatic heterocycles. The van der Waals surface area contributed by atoms with Gasteiger partial charge in [-0.15, -0.1) is 0 Å². The van der Waals surface area contributed by atoms with Crippen LogP contribution in [0, 0.1) is 0 Å². The number of carbonyl (C=O) groups excluding carboxylic acids is 2. The summed E-state index contributed by atoms with van der Waals surface area (Å²) in [6.07, 6.45) is -4.74. The fourth-order valence-corrected chi connectivity index (χ4v) is 2.35. The molecule has 6 nitrogen and oxygen atoms in total. The van der Waals surface area contributed by atoms with Gasteiger partial charge in [-0.25, -0.2) is 0 Å². The van der Waals surface area contributed by atoms with Crippen molar-refractivity contribution in [1.82, 2.24) is 0 Å². The van der Waals surface area contributed by atoms with E-state index in [1.165, 1.54) is 39.3 Å². The van der Waals surface area contributed by atoms with Crippen LogP contribution in [0.1, 0.15) is 22.8 Å². The summed E-state index contributed by atoms with van der Waals surface area (Å²) in [7, 11) is 2.73. The lowest BCUT2D eigenvalue weighted by Gasteiger charge is -2.16. The maximum atomic E-state index is 13.4. The van der Waals surface area contributed by atoms with Gasteiger partial charge in [-0.05, 0) is 36.4 Å². The first-order valence-corrected chi connectivity index (χ1v) is 7.68. The van der Waals surface area contributed by atoms with E-state index in [0.717, 1.165) is 12.1 Å². The Kier molecular flexibility index (Phi) is 5.94. The highest BCUT2D eigenvalue weighted by Gasteiger charge is 2.34. The average Bonchev–Trinajstić information content (AvgIpc) is 2.61. The Hall–Kier alpha value is -3.23. The molecule has 0 aliphatic rings. The Bertz CT molecular complexity index is 866. The summed E-state index contributed by atoms with van der Waals surface area (Å²) >= 11 is 0. The molecule has 2 amide bonds. The molecule has 2 N–H and O–H groups in total. The second-order valence-corrected chi connectivity index (χ2v) is 5.46. The molecule has 2 aromatic carbocycles. The van der Waals surface area contributed by atoms with Crippen LogP contribution in [0.5, 0.6) is 11.5 Å². The number of nitrogens with one attached hydrogen (secondary N) is 2. The lowest BCUT2D eigenvalue weighted by molar-refractivity contribution is -0.137. The molecule has 27 heavy (non-hydrogen) atoms. The number of alkyl halides is 3. The van der Waals surface area contributed by atoms with Gasteiger partial charge >= 0.3 is 6.18 Å². The van der Waals surface area contributed by atoms with E-state index in [0.29, 0.717) is 5.75 Å². The van der Waals surface area contributed by atoms with Crippen molar-refractivity contribution in [1.29, 1.82) is 0 Å². The number of ether oxygens (including phenoxy) is 2. The van der Waals surface area contributed by atoms with E-state index in [9.17, 15) is 22.8 Å². The first-order valence-electron chi connectivity index (χ1n) is 7.68. The quantitative estimate of drug-likeness (QED) is 0.822. The van der Waals surface area contributed by atoms with Crippen molar-refractivity contribution in [2.75, 3.05) is 24.9 Å². The second kappa shape index (κ2) is 7.98. The lowest BCUT2D eigenvalue weighted by atomic mass is 10.1. The van der Waals surface area contributed by atoms with Gasteiger partial charge in [-0.3, -0.25) is 9.59 Å². The van der Waals surface area contributed by atoms with Crippen LogP contribution in [-0.2, 0) is 11.0 Å². The molecule has 0 aliphatic heterocycles. The van der Waals surface area contributed by atoms with Gasteiger partial charge in [0.25, 0.3) is 5.91 Å². The minimum Gasteiger partial charge on any atom is -0.497 e. The van der Waals surface area contributed by atoms with Crippen molar-refractivity contribution in [2.45, 2.75) is 13.1 Å². The van der Waals surface area contributed by atoms with Gasteiger partial charge in [0.1, 0.15) is 11.5 Å². The van der Waals surface area contributed by atoms with Gasteiger partial charge < -0.3 is 20.1 Å². The van der Waals surface area contributed by atoms with Gasteiger partial charge in [-0.2, -0.15) is 13.2 Å². The van der Waals surface area contributed by atoms with Crippen LogP contribution in [0.3, 0.4) is 0 Å².